The highest BCUT2D eigenvalue weighted by atomic mass is 32.2. The molecule has 0 fully saturated rings. The summed E-state index contributed by atoms with van der Waals surface area (Å²) in [4.78, 5) is 17.0. The van der Waals surface area contributed by atoms with Crippen molar-refractivity contribution in [2.75, 3.05) is 11.1 Å². The van der Waals surface area contributed by atoms with Crippen molar-refractivity contribution in [3.63, 3.8) is 0 Å². The van der Waals surface area contributed by atoms with Crippen LogP contribution in [0, 0.1) is 0 Å². The van der Waals surface area contributed by atoms with Gasteiger partial charge in [-0.05, 0) is 37.6 Å². The molecule has 11 heteroatoms. The topological polar surface area (TPSA) is 90.3 Å². The molecule has 1 aromatic heterocycles. The van der Waals surface area contributed by atoms with E-state index in [-0.39, 0.29) is 29.4 Å². The number of hydrogen-bond acceptors (Lipinski definition) is 5. The molecule has 0 aliphatic heterocycles. The first-order chi connectivity index (χ1) is 17.9. The summed E-state index contributed by atoms with van der Waals surface area (Å²) < 4.78 is 69.1. The SMILES string of the molecule is CC/C(=C\C=C(/C)CC(=O)Nc1ccc(-c2ccccc2OC(F)(F)F)c(-n2ccnc2)c1)S(=O)(=O)CC. The zero-order valence-electron chi connectivity index (χ0n) is 21.1. The standard InChI is InChI=1S/C27H28F3N3O4S/c1-4-21(38(35,36)5-2)12-10-19(3)16-26(34)32-20-11-13-22(24(17-20)33-15-14-31-18-33)23-8-6-7-9-25(23)37-27(28,29)30/h6-15,17-18H,4-5,16H2,1-3H3,(H,32,34)/b19-10+,21-12+. The van der Waals surface area contributed by atoms with Gasteiger partial charge in [0.25, 0.3) is 0 Å². The lowest BCUT2D eigenvalue weighted by molar-refractivity contribution is -0.274. The second kappa shape index (κ2) is 12.1. The smallest absolute Gasteiger partial charge is 0.405 e. The molecule has 202 valence electrons. The summed E-state index contributed by atoms with van der Waals surface area (Å²) in [7, 11) is -3.31. The van der Waals surface area contributed by atoms with Crippen molar-refractivity contribution in [2.45, 2.75) is 40.0 Å². The normalized spacial score (nSPS) is 12.9. The zero-order chi connectivity index (χ0) is 27.9. The van der Waals surface area contributed by atoms with Crippen molar-refractivity contribution in [2.24, 2.45) is 0 Å². The van der Waals surface area contributed by atoms with Crippen molar-refractivity contribution in [1.29, 1.82) is 0 Å². The molecule has 0 saturated heterocycles. The second-order valence-electron chi connectivity index (χ2n) is 8.37. The maximum atomic E-state index is 13.0. The number of sulfone groups is 1. The molecule has 0 atom stereocenters. The summed E-state index contributed by atoms with van der Waals surface area (Å²) in [6, 6.07) is 10.6. The summed E-state index contributed by atoms with van der Waals surface area (Å²) in [5, 5.41) is 2.79. The molecule has 0 aliphatic carbocycles. The number of ether oxygens (including phenoxy) is 1. The lowest BCUT2D eigenvalue weighted by Crippen LogP contribution is -2.17. The Bertz CT molecular complexity index is 1440. The van der Waals surface area contributed by atoms with Gasteiger partial charge in [0, 0.05) is 40.5 Å². The van der Waals surface area contributed by atoms with Gasteiger partial charge in [-0.25, -0.2) is 13.4 Å². The fourth-order valence-electron chi connectivity index (χ4n) is 3.73. The van der Waals surface area contributed by atoms with Gasteiger partial charge in [0.2, 0.25) is 5.91 Å². The monoisotopic (exact) mass is 547 g/mol. The predicted molar refractivity (Wildman–Crippen MR) is 141 cm³/mol. The van der Waals surface area contributed by atoms with E-state index in [0.29, 0.717) is 33.8 Å². The molecule has 0 radical (unpaired) electrons. The van der Waals surface area contributed by atoms with Gasteiger partial charge in [-0.3, -0.25) is 4.79 Å². The maximum Gasteiger partial charge on any atom is 0.573 e. The van der Waals surface area contributed by atoms with Gasteiger partial charge in [-0.15, -0.1) is 13.2 Å². The van der Waals surface area contributed by atoms with Gasteiger partial charge in [0.05, 0.1) is 17.8 Å². The Morgan fingerprint density at radius 2 is 1.84 bits per heavy atom. The molecule has 2 aromatic carbocycles. The van der Waals surface area contributed by atoms with Gasteiger partial charge in [0.15, 0.2) is 9.84 Å². The minimum absolute atomic E-state index is 0.00208. The molecule has 0 bridgehead atoms. The molecule has 1 heterocycles. The van der Waals surface area contributed by atoms with Crippen LogP contribution in [0.2, 0.25) is 0 Å². The number of anilines is 1. The Morgan fingerprint density at radius 1 is 1.11 bits per heavy atom. The maximum absolute atomic E-state index is 13.0. The van der Waals surface area contributed by atoms with E-state index in [9.17, 15) is 26.4 Å². The van der Waals surface area contributed by atoms with E-state index in [1.165, 1.54) is 36.8 Å². The lowest BCUT2D eigenvalue weighted by Gasteiger charge is -2.17. The Balaban J connectivity index is 1.89. The van der Waals surface area contributed by atoms with E-state index >= 15 is 0 Å². The van der Waals surface area contributed by atoms with Crippen LogP contribution < -0.4 is 10.1 Å². The average molecular weight is 548 g/mol. The third-order valence-corrected chi connectivity index (χ3v) is 7.57. The number of carbonyl (C=O) groups excluding carboxylic acids is 1. The van der Waals surface area contributed by atoms with E-state index in [2.05, 4.69) is 15.0 Å². The number of alkyl halides is 3. The second-order valence-corrected chi connectivity index (χ2v) is 10.7. The van der Waals surface area contributed by atoms with Crippen LogP contribution in [0.15, 0.2) is 83.8 Å². The number of nitrogens with one attached hydrogen (secondary N) is 1. The summed E-state index contributed by atoms with van der Waals surface area (Å²) in [6.07, 6.45) is 3.30. The van der Waals surface area contributed by atoms with Crippen molar-refractivity contribution in [3.05, 3.63) is 83.8 Å². The number of allylic oxidation sites excluding steroid dienone is 3. The molecule has 38 heavy (non-hydrogen) atoms. The summed E-state index contributed by atoms with van der Waals surface area (Å²) in [5.74, 6) is -0.695. The molecule has 1 N–H and O–H groups in total. The summed E-state index contributed by atoms with van der Waals surface area (Å²) >= 11 is 0. The molecule has 0 saturated carbocycles. The molecule has 0 spiro atoms. The van der Waals surface area contributed by atoms with Gasteiger partial charge in [-0.2, -0.15) is 0 Å². The number of aromatic nitrogens is 2. The highest BCUT2D eigenvalue weighted by Crippen LogP contribution is 2.37. The molecule has 7 nitrogen and oxygen atoms in total. The van der Waals surface area contributed by atoms with Crippen molar-refractivity contribution >= 4 is 21.4 Å². The van der Waals surface area contributed by atoms with Crippen LogP contribution in [0.25, 0.3) is 16.8 Å². The molecular weight excluding hydrogens is 519 g/mol. The van der Waals surface area contributed by atoms with Crippen LogP contribution in [0.1, 0.15) is 33.6 Å². The number of benzene rings is 2. The first kappa shape index (κ1) is 28.7. The molecule has 0 unspecified atom stereocenters. The number of hydrogen-bond donors (Lipinski definition) is 1. The number of imidazole rings is 1. The van der Waals surface area contributed by atoms with Crippen molar-refractivity contribution < 1.29 is 31.1 Å². The number of para-hydroxylation sites is 1. The highest BCUT2D eigenvalue weighted by Gasteiger charge is 2.32. The van der Waals surface area contributed by atoms with Crippen molar-refractivity contribution in [1.82, 2.24) is 9.55 Å². The summed E-state index contributed by atoms with van der Waals surface area (Å²) in [5.41, 5.74) is 2.20. The Morgan fingerprint density at radius 3 is 2.47 bits per heavy atom. The van der Waals surface area contributed by atoms with E-state index in [1.54, 1.807) is 61.9 Å². The molecule has 1 amide bonds. The van der Waals surface area contributed by atoms with Crippen LogP contribution in [-0.4, -0.2) is 36.0 Å². The van der Waals surface area contributed by atoms with Crippen molar-refractivity contribution in [3.8, 4) is 22.6 Å². The van der Waals surface area contributed by atoms with Crippen LogP contribution in [-0.2, 0) is 14.6 Å². The van der Waals surface area contributed by atoms with E-state index < -0.39 is 16.2 Å². The quantitative estimate of drug-likeness (QED) is 0.295. The van der Waals surface area contributed by atoms with Crippen LogP contribution >= 0.6 is 0 Å². The lowest BCUT2D eigenvalue weighted by atomic mass is 10.0. The van der Waals surface area contributed by atoms with Crippen LogP contribution in [0.3, 0.4) is 0 Å². The van der Waals surface area contributed by atoms with Gasteiger partial charge >= 0.3 is 6.36 Å². The fraction of sp³-hybridized carbons (Fsp3) is 0.259. The highest BCUT2D eigenvalue weighted by molar-refractivity contribution is 7.95. The number of nitrogens with zero attached hydrogens (tertiary/aromatic N) is 2. The molecule has 0 aliphatic rings. The third-order valence-electron chi connectivity index (χ3n) is 5.59. The van der Waals surface area contributed by atoms with E-state index in [1.807, 2.05) is 0 Å². The summed E-state index contributed by atoms with van der Waals surface area (Å²) in [6.45, 7) is 5.05. The first-order valence-corrected chi connectivity index (χ1v) is 13.4. The van der Waals surface area contributed by atoms with E-state index in [4.69, 9.17) is 0 Å². The third kappa shape index (κ3) is 7.58. The number of carbonyl (C=O) groups is 1. The number of rotatable bonds is 10. The Labute approximate surface area is 219 Å². The van der Waals surface area contributed by atoms with Gasteiger partial charge < -0.3 is 14.6 Å². The fourth-order valence-corrected chi connectivity index (χ4v) is 4.82. The molecule has 3 rings (SSSR count). The van der Waals surface area contributed by atoms with Gasteiger partial charge in [-0.1, -0.05) is 49.8 Å². The zero-order valence-corrected chi connectivity index (χ0v) is 21.9. The predicted octanol–water partition coefficient (Wildman–Crippen LogP) is 6.44. The van der Waals surface area contributed by atoms with E-state index in [0.717, 1.165) is 0 Å². The Hall–Kier alpha value is -3.86. The number of amides is 1. The molecule has 3 aromatic rings. The first-order valence-electron chi connectivity index (χ1n) is 11.8. The number of halogens is 3. The Kier molecular flexibility index (Phi) is 9.16. The average Bonchev–Trinajstić information content (AvgIpc) is 3.38. The van der Waals surface area contributed by atoms with Crippen LogP contribution in [0.4, 0.5) is 18.9 Å². The van der Waals surface area contributed by atoms with Gasteiger partial charge in [0.1, 0.15) is 5.75 Å². The molecular formula is C27H28F3N3O4S. The van der Waals surface area contributed by atoms with Crippen LogP contribution in [0.5, 0.6) is 5.75 Å². The largest absolute Gasteiger partial charge is 0.573 e. The minimum Gasteiger partial charge on any atom is -0.405 e. The minimum atomic E-state index is -4.86.